The molecule has 10 heavy (non-hydrogen) atoms. The molecule has 1 unspecified atom stereocenters. The van der Waals surface area contributed by atoms with Gasteiger partial charge in [0.05, 0.1) is 5.97 Å². The molecule has 0 aromatic carbocycles. The Kier molecular flexibility index (Phi) is 7.14. The smallest absolute Gasteiger partial charge is 0.550 e. The average molecular weight is 214 g/mol. The molecule has 0 radical (unpaired) electrons. The van der Waals surface area contributed by atoms with Crippen molar-refractivity contribution in [3.05, 3.63) is 0 Å². The van der Waals surface area contributed by atoms with Crippen LogP contribution < -0.4 is 10.2 Å². The minimum absolute atomic E-state index is 0. The van der Waals surface area contributed by atoms with Gasteiger partial charge in [0.1, 0.15) is 0 Å². The maximum atomic E-state index is 9.76. The SMILES string of the molecule is O=C([O-])CC(S)C(=O)[O-].[Zn+2]. The van der Waals surface area contributed by atoms with Crippen LogP contribution in [-0.4, -0.2) is 17.2 Å². The molecule has 6 heteroatoms. The molecule has 0 bridgehead atoms. The van der Waals surface area contributed by atoms with E-state index in [0.29, 0.717) is 0 Å². The van der Waals surface area contributed by atoms with Crippen LogP contribution in [0.5, 0.6) is 0 Å². The molecule has 52 valence electrons. The third kappa shape index (κ3) is 6.04. The average Bonchev–Trinajstić information content (AvgIpc) is 1.63. The maximum absolute atomic E-state index is 9.76. The number of thiol groups is 1. The molecule has 0 rings (SSSR count). The predicted molar refractivity (Wildman–Crippen MR) is 27.4 cm³/mol. The van der Waals surface area contributed by atoms with Gasteiger partial charge in [-0.3, -0.25) is 0 Å². The zero-order valence-electron chi connectivity index (χ0n) is 5.07. The molecule has 0 aromatic rings. The third-order valence-electron chi connectivity index (χ3n) is 0.632. The van der Waals surface area contributed by atoms with Gasteiger partial charge in [0, 0.05) is 17.6 Å². The van der Waals surface area contributed by atoms with E-state index < -0.39 is 23.6 Å². The summed E-state index contributed by atoms with van der Waals surface area (Å²) in [5, 5.41) is 18.2. The van der Waals surface area contributed by atoms with E-state index in [0.717, 1.165) is 0 Å². The second-order valence-electron chi connectivity index (χ2n) is 1.41. The summed E-state index contributed by atoms with van der Waals surface area (Å²) >= 11 is 3.38. The van der Waals surface area contributed by atoms with Crippen molar-refractivity contribution < 1.29 is 39.3 Å². The molecule has 0 amide bonds. The van der Waals surface area contributed by atoms with Crippen molar-refractivity contribution in [3.8, 4) is 0 Å². The molecule has 0 saturated heterocycles. The molecule has 0 aliphatic rings. The molecular formula is C4H4O4SZn. The fraction of sp³-hybridized carbons (Fsp3) is 0.500. The van der Waals surface area contributed by atoms with Crippen molar-refractivity contribution in [1.29, 1.82) is 0 Å². The molecule has 4 nitrogen and oxygen atoms in total. The van der Waals surface area contributed by atoms with Crippen molar-refractivity contribution >= 4 is 24.6 Å². The summed E-state index contributed by atoms with van der Waals surface area (Å²) < 4.78 is 0. The minimum Gasteiger partial charge on any atom is -0.550 e. The largest absolute Gasteiger partial charge is 2.00 e. The molecular weight excluding hydrogens is 209 g/mol. The van der Waals surface area contributed by atoms with Crippen LogP contribution in [0.1, 0.15) is 6.42 Å². The third-order valence-corrected chi connectivity index (χ3v) is 1.03. The molecule has 0 spiro atoms. The number of rotatable bonds is 3. The fourth-order valence-electron chi connectivity index (χ4n) is 0.241. The van der Waals surface area contributed by atoms with Gasteiger partial charge < -0.3 is 19.8 Å². The fourth-order valence-corrected chi connectivity index (χ4v) is 0.390. The van der Waals surface area contributed by atoms with E-state index in [1.54, 1.807) is 0 Å². The summed E-state index contributed by atoms with van der Waals surface area (Å²) in [6.07, 6.45) is -0.620. The van der Waals surface area contributed by atoms with Crippen molar-refractivity contribution in [2.75, 3.05) is 0 Å². The molecule has 0 fully saturated rings. The van der Waals surface area contributed by atoms with E-state index in [-0.39, 0.29) is 19.5 Å². The molecule has 0 N–H and O–H groups in total. The van der Waals surface area contributed by atoms with Gasteiger partial charge in [-0.1, -0.05) is 0 Å². The second-order valence-corrected chi connectivity index (χ2v) is 2.03. The summed E-state index contributed by atoms with van der Waals surface area (Å²) in [6, 6.07) is 0. The van der Waals surface area contributed by atoms with Crippen molar-refractivity contribution in [2.24, 2.45) is 0 Å². The first-order chi connectivity index (χ1) is 4.04. The second kappa shape index (κ2) is 5.68. The van der Waals surface area contributed by atoms with Gasteiger partial charge >= 0.3 is 19.5 Å². The first kappa shape index (κ1) is 12.6. The Morgan fingerprint density at radius 3 is 1.90 bits per heavy atom. The zero-order chi connectivity index (χ0) is 7.44. The Labute approximate surface area is 75.8 Å². The van der Waals surface area contributed by atoms with Gasteiger partial charge in [-0.25, -0.2) is 0 Å². The van der Waals surface area contributed by atoms with E-state index in [4.69, 9.17) is 0 Å². The van der Waals surface area contributed by atoms with Gasteiger partial charge in [-0.15, -0.1) is 0 Å². The summed E-state index contributed by atoms with van der Waals surface area (Å²) in [5.41, 5.74) is 0. The number of carboxylic acid groups (broad SMARTS) is 2. The van der Waals surface area contributed by atoms with Crippen LogP contribution in [0.3, 0.4) is 0 Å². The molecule has 0 heterocycles. The first-order valence-corrected chi connectivity index (χ1v) is 2.64. The molecule has 0 saturated carbocycles. The van der Waals surface area contributed by atoms with E-state index in [1.165, 1.54) is 0 Å². The number of carbonyl (C=O) groups is 2. The summed E-state index contributed by atoms with van der Waals surface area (Å²) in [7, 11) is 0. The van der Waals surface area contributed by atoms with Gasteiger partial charge in [0.25, 0.3) is 0 Å². The van der Waals surface area contributed by atoms with Gasteiger partial charge in [0.15, 0.2) is 0 Å². The van der Waals surface area contributed by atoms with Crippen LogP contribution in [0.2, 0.25) is 0 Å². The standard InChI is InChI=1S/C4H6O4S.Zn/c5-3(6)1-2(9)4(7)8;/h2,9H,1H2,(H,5,6)(H,7,8);/q;+2/p-2. The number of hydrogen-bond donors (Lipinski definition) is 1. The van der Waals surface area contributed by atoms with Crippen molar-refractivity contribution in [3.63, 3.8) is 0 Å². The van der Waals surface area contributed by atoms with Crippen LogP contribution in [0.25, 0.3) is 0 Å². The Bertz CT molecular complexity index is 137. The monoisotopic (exact) mass is 212 g/mol. The quantitative estimate of drug-likeness (QED) is 0.405. The Hall–Kier alpha value is -0.0866. The van der Waals surface area contributed by atoms with Crippen molar-refractivity contribution in [2.45, 2.75) is 11.7 Å². The summed E-state index contributed by atoms with van der Waals surface area (Å²) in [4.78, 5) is 19.4. The van der Waals surface area contributed by atoms with Crippen LogP contribution in [-0.2, 0) is 29.1 Å². The topological polar surface area (TPSA) is 80.3 Å². The first-order valence-electron chi connectivity index (χ1n) is 2.13. The van der Waals surface area contributed by atoms with E-state index in [2.05, 4.69) is 12.6 Å². The van der Waals surface area contributed by atoms with E-state index in [9.17, 15) is 19.8 Å². The van der Waals surface area contributed by atoms with Crippen LogP contribution in [0.4, 0.5) is 0 Å². The molecule has 0 aliphatic carbocycles. The Balaban J connectivity index is 0. The molecule has 1 atom stereocenters. The number of hydrogen-bond acceptors (Lipinski definition) is 5. The maximum Gasteiger partial charge on any atom is 2.00 e. The summed E-state index contributed by atoms with van der Waals surface area (Å²) in [6.45, 7) is 0. The van der Waals surface area contributed by atoms with E-state index >= 15 is 0 Å². The number of aliphatic carboxylic acids is 2. The molecule has 0 aliphatic heterocycles. The molecule has 0 aromatic heterocycles. The minimum atomic E-state index is -1.50. The van der Waals surface area contributed by atoms with Gasteiger partial charge in [0.2, 0.25) is 0 Å². The van der Waals surface area contributed by atoms with Crippen molar-refractivity contribution in [1.82, 2.24) is 0 Å². The number of carbonyl (C=O) groups excluding carboxylic acids is 2. The summed E-state index contributed by atoms with van der Waals surface area (Å²) in [5.74, 6) is -2.94. The predicted octanol–water partition coefficient (Wildman–Crippen LogP) is -2.83. The number of carboxylic acids is 2. The normalized spacial score (nSPS) is 11.3. The Morgan fingerprint density at radius 1 is 1.40 bits per heavy atom. The van der Waals surface area contributed by atoms with E-state index in [1.807, 2.05) is 0 Å². The Morgan fingerprint density at radius 2 is 1.80 bits per heavy atom. The van der Waals surface area contributed by atoms with Crippen LogP contribution in [0, 0.1) is 0 Å². The van der Waals surface area contributed by atoms with Crippen LogP contribution in [0.15, 0.2) is 0 Å². The zero-order valence-corrected chi connectivity index (χ0v) is 8.93. The van der Waals surface area contributed by atoms with Crippen LogP contribution >= 0.6 is 12.6 Å². The van der Waals surface area contributed by atoms with Gasteiger partial charge in [-0.2, -0.15) is 12.6 Å². The van der Waals surface area contributed by atoms with Gasteiger partial charge in [-0.05, 0) is 0 Å².